The average molecular weight is 308 g/mol. The monoisotopic (exact) mass is 308 g/mol. The first kappa shape index (κ1) is 14.1. The number of cyclic esters (lactones) is 1. The molecule has 3 heterocycles. The van der Waals surface area contributed by atoms with Crippen LogP contribution in [0.3, 0.4) is 0 Å². The zero-order valence-corrected chi connectivity index (χ0v) is 12.5. The summed E-state index contributed by atoms with van der Waals surface area (Å²) in [5, 5.41) is 1.96. The van der Waals surface area contributed by atoms with Gasteiger partial charge in [0, 0.05) is 19.1 Å². The fraction of sp³-hybridized carbons (Fsp3) is 0.500. The number of carbonyl (C=O) groups excluding carboxylic acids is 3. The largest absolute Gasteiger partial charge is 0.439 e. The first-order chi connectivity index (χ1) is 10.1. The van der Waals surface area contributed by atoms with E-state index >= 15 is 0 Å². The van der Waals surface area contributed by atoms with Gasteiger partial charge in [-0.2, -0.15) is 0 Å². The Morgan fingerprint density at radius 3 is 2.57 bits per heavy atom. The number of hydrogen-bond acceptors (Lipinski definition) is 5. The van der Waals surface area contributed by atoms with Crippen molar-refractivity contribution in [3.05, 3.63) is 21.9 Å². The van der Waals surface area contributed by atoms with Gasteiger partial charge in [0.2, 0.25) is 0 Å². The highest BCUT2D eigenvalue weighted by molar-refractivity contribution is 7.12. The number of carbonyl (C=O) groups is 3. The number of nitrogens with zero attached hydrogens (tertiary/aromatic N) is 2. The van der Waals surface area contributed by atoms with Crippen molar-refractivity contribution in [2.45, 2.75) is 25.8 Å². The summed E-state index contributed by atoms with van der Waals surface area (Å²) < 4.78 is 4.74. The highest BCUT2D eigenvalue weighted by Gasteiger charge is 2.39. The summed E-state index contributed by atoms with van der Waals surface area (Å²) in [7, 11) is 0. The molecule has 0 atom stereocenters. The molecule has 21 heavy (non-hydrogen) atoms. The van der Waals surface area contributed by atoms with Crippen molar-refractivity contribution in [2.24, 2.45) is 0 Å². The first-order valence-electron chi connectivity index (χ1n) is 6.89. The first-order valence-corrected chi connectivity index (χ1v) is 7.77. The van der Waals surface area contributed by atoms with Gasteiger partial charge in [0.25, 0.3) is 11.8 Å². The van der Waals surface area contributed by atoms with Gasteiger partial charge in [-0.3, -0.25) is 9.59 Å². The lowest BCUT2D eigenvalue weighted by atomic mass is 10.0. The van der Waals surface area contributed by atoms with Gasteiger partial charge < -0.3 is 9.64 Å². The van der Waals surface area contributed by atoms with Crippen LogP contribution in [-0.4, -0.2) is 53.4 Å². The quantitative estimate of drug-likeness (QED) is 0.833. The predicted molar refractivity (Wildman–Crippen MR) is 76.2 cm³/mol. The molecule has 1 aromatic heterocycles. The second kappa shape index (κ2) is 5.48. The molecule has 0 aromatic carbocycles. The van der Waals surface area contributed by atoms with E-state index in [1.54, 1.807) is 4.90 Å². The van der Waals surface area contributed by atoms with Crippen LogP contribution in [0.2, 0.25) is 0 Å². The number of ether oxygens (including phenoxy) is 1. The van der Waals surface area contributed by atoms with Crippen LogP contribution in [-0.2, 0) is 9.53 Å². The molecule has 3 amide bonds. The average Bonchev–Trinajstić information content (AvgIpc) is 3.05. The Morgan fingerprint density at radius 1 is 1.33 bits per heavy atom. The maximum absolute atomic E-state index is 12.3. The topological polar surface area (TPSA) is 66.9 Å². The molecule has 6 nitrogen and oxygen atoms in total. The molecule has 2 saturated heterocycles. The summed E-state index contributed by atoms with van der Waals surface area (Å²) in [6.45, 7) is 2.91. The summed E-state index contributed by atoms with van der Waals surface area (Å²) in [4.78, 5) is 39.2. The summed E-state index contributed by atoms with van der Waals surface area (Å²) >= 11 is 1.45. The van der Waals surface area contributed by atoms with Crippen molar-refractivity contribution in [1.29, 1.82) is 0 Å². The van der Waals surface area contributed by atoms with E-state index in [0.717, 1.165) is 10.4 Å². The van der Waals surface area contributed by atoms with Crippen LogP contribution in [0.1, 0.15) is 28.1 Å². The standard InChI is InChI=1S/C14H16N2O4S/c1-9-6-11(21-8-9)13(18)15-4-2-10(3-5-15)16-12(17)7-20-14(16)19/h6,8,10H,2-5,7H2,1H3. The maximum Gasteiger partial charge on any atom is 0.417 e. The van der Waals surface area contributed by atoms with Gasteiger partial charge in [-0.25, -0.2) is 9.69 Å². The predicted octanol–water partition coefficient (Wildman–Crippen LogP) is 1.64. The third-order valence-corrected chi connectivity index (χ3v) is 4.88. The molecule has 0 N–H and O–H groups in total. The summed E-state index contributed by atoms with van der Waals surface area (Å²) in [5.41, 5.74) is 1.09. The molecular weight excluding hydrogens is 292 g/mol. The van der Waals surface area contributed by atoms with Crippen LogP contribution >= 0.6 is 11.3 Å². The van der Waals surface area contributed by atoms with Crippen molar-refractivity contribution >= 4 is 29.2 Å². The van der Waals surface area contributed by atoms with E-state index in [0.29, 0.717) is 25.9 Å². The zero-order chi connectivity index (χ0) is 15.0. The molecule has 112 valence electrons. The zero-order valence-electron chi connectivity index (χ0n) is 11.7. The van der Waals surface area contributed by atoms with Crippen molar-refractivity contribution in [3.8, 4) is 0 Å². The van der Waals surface area contributed by atoms with Gasteiger partial charge in [-0.05, 0) is 36.8 Å². The number of likely N-dealkylation sites (tertiary alicyclic amines) is 1. The lowest BCUT2D eigenvalue weighted by Gasteiger charge is -2.34. The second-order valence-corrected chi connectivity index (χ2v) is 6.24. The fourth-order valence-electron chi connectivity index (χ4n) is 2.74. The number of piperidine rings is 1. The lowest BCUT2D eigenvalue weighted by molar-refractivity contribution is -0.127. The van der Waals surface area contributed by atoms with Crippen LogP contribution in [0.4, 0.5) is 4.79 Å². The Hall–Kier alpha value is -1.89. The summed E-state index contributed by atoms with van der Waals surface area (Å²) in [6, 6.07) is 1.74. The van der Waals surface area contributed by atoms with Gasteiger partial charge >= 0.3 is 6.09 Å². The van der Waals surface area contributed by atoms with Crippen LogP contribution in [0.5, 0.6) is 0 Å². The number of amides is 3. The van der Waals surface area contributed by atoms with Gasteiger partial charge in [0.05, 0.1) is 4.88 Å². The van der Waals surface area contributed by atoms with E-state index in [-0.39, 0.29) is 24.5 Å². The molecule has 2 aliphatic heterocycles. The van der Waals surface area contributed by atoms with E-state index in [1.807, 2.05) is 18.4 Å². The van der Waals surface area contributed by atoms with E-state index in [2.05, 4.69) is 0 Å². The van der Waals surface area contributed by atoms with Crippen LogP contribution in [0.25, 0.3) is 0 Å². The Bertz CT molecular complexity index is 574. The Labute approximate surface area is 126 Å². The molecule has 2 fully saturated rings. The molecule has 0 bridgehead atoms. The van der Waals surface area contributed by atoms with Gasteiger partial charge in [-0.15, -0.1) is 11.3 Å². The van der Waals surface area contributed by atoms with Crippen molar-refractivity contribution in [2.75, 3.05) is 19.7 Å². The Kier molecular flexibility index (Phi) is 3.67. The minimum Gasteiger partial charge on any atom is -0.439 e. The van der Waals surface area contributed by atoms with Crippen LogP contribution in [0, 0.1) is 6.92 Å². The normalized spacial score (nSPS) is 20.0. The van der Waals surface area contributed by atoms with Crippen molar-refractivity contribution in [1.82, 2.24) is 9.80 Å². The summed E-state index contributed by atoms with van der Waals surface area (Å²) in [5.74, 6) is -0.250. The minimum atomic E-state index is -0.557. The molecule has 1 aromatic rings. The molecule has 2 aliphatic rings. The number of imide groups is 1. The molecule has 3 rings (SSSR count). The third-order valence-electron chi connectivity index (χ3n) is 3.84. The second-order valence-electron chi connectivity index (χ2n) is 5.33. The number of rotatable bonds is 2. The third kappa shape index (κ3) is 2.65. The number of thiophene rings is 1. The fourth-order valence-corrected chi connectivity index (χ4v) is 3.61. The van der Waals surface area contributed by atoms with Gasteiger partial charge in [-0.1, -0.05) is 0 Å². The van der Waals surface area contributed by atoms with Gasteiger partial charge in [0.1, 0.15) is 0 Å². The van der Waals surface area contributed by atoms with Crippen molar-refractivity contribution in [3.63, 3.8) is 0 Å². The molecule has 0 spiro atoms. The SMILES string of the molecule is Cc1csc(C(=O)N2CCC(N3C(=O)COC3=O)CC2)c1. The van der Waals surface area contributed by atoms with Crippen LogP contribution in [0.15, 0.2) is 11.4 Å². The van der Waals surface area contributed by atoms with E-state index in [1.165, 1.54) is 16.2 Å². The Morgan fingerprint density at radius 2 is 2.05 bits per heavy atom. The molecular formula is C14H16N2O4S. The molecule has 0 aliphatic carbocycles. The summed E-state index contributed by atoms with van der Waals surface area (Å²) in [6.07, 6.45) is 0.659. The van der Waals surface area contributed by atoms with Crippen molar-refractivity contribution < 1.29 is 19.1 Å². The number of hydrogen-bond donors (Lipinski definition) is 0. The molecule has 7 heteroatoms. The van der Waals surface area contributed by atoms with Gasteiger partial charge in [0.15, 0.2) is 6.61 Å². The molecule has 0 unspecified atom stereocenters. The van der Waals surface area contributed by atoms with E-state index in [4.69, 9.17) is 4.74 Å². The molecule has 0 radical (unpaired) electrons. The van der Waals surface area contributed by atoms with E-state index < -0.39 is 6.09 Å². The number of aryl methyl sites for hydroxylation is 1. The maximum atomic E-state index is 12.3. The highest BCUT2D eigenvalue weighted by atomic mass is 32.1. The smallest absolute Gasteiger partial charge is 0.417 e. The minimum absolute atomic E-state index is 0.0295. The highest BCUT2D eigenvalue weighted by Crippen LogP contribution is 2.23. The molecule has 0 saturated carbocycles. The Balaban J connectivity index is 1.61. The lowest BCUT2D eigenvalue weighted by Crippen LogP contribution is -2.48. The van der Waals surface area contributed by atoms with E-state index in [9.17, 15) is 14.4 Å². The van der Waals surface area contributed by atoms with Crippen LogP contribution < -0.4 is 0 Å².